The molecular weight excluding hydrogens is 490 g/mol. The normalized spacial score (nSPS) is 22.4. The van der Waals surface area contributed by atoms with Crippen LogP contribution in [-0.4, -0.2) is 36.7 Å². The molecule has 0 unspecified atom stereocenters. The highest BCUT2D eigenvalue weighted by atomic mass is 19.3. The highest BCUT2D eigenvalue weighted by molar-refractivity contribution is 5.64. The molecule has 6 rings (SSSR count). The largest absolute Gasteiger partial charge is 0.443 e. The van der Waals surface area contributed by atoms with E-state index in [-0.39, 0.29) is 34.5 Å². The van der Waals surface area contributed by atoms with Crippen molar-refractivity contribution in [1.29, 1.82) is 0 Å². The second-order valence-corrected chi connectivity index (χ2v) is 9.99. The van der Waals surface area contributed by atoms with Crippen molar-refractivity contribution in [1.82, 2.24) is 25.1 Å². The van der Waals surface area contributed by atoms with Crippen LogP contribution in [0.15, 0.2) is 47.3 Å². The van der Waals surface area contributed by atoms with Crippen LogP contribution in [0.1, 0.15) is 61.4 Å². The van der Waals surface area contributed by atoms with E-state index < -0.39 is 35.0 Å². The number of aliphatic hydroxyl groups is 1. The average Bonchev–Trinajstić information content (AvgIpc) is 3.52. The number of benzene rings is 1. The predicted octanol–water partition coefficient (Wildman–Crippen LogP) is 5.37. The molecule has 3 aromatic heterocycles. The van der Waals surface area contributed by atoms with Gasteiger partial charge in [0.1, 0.15) is 29.3 Å². The quantitative estimate of drug-likeness (QED) is 0.360. The third-order valence-electron chi connectivity index (χ3n) is 7.96. The van der Waals surface area contributed by atoms with Gasteiger partial charge in [0.05, 0.1) is 34.3 Å². The topological polar surface area (TPSA) is 97.8 Å². The lowest BCUT2D eigenvalue weighted by Crippen LogP contribution is -2.38. The first-order chi connectivity index (χ1) is 17.6. The van der Waals surface area contributed by atoms with Gasteiger partial charge < -0.3 is 9.52 Å². The fourth-order valence-electron chi connectivity index (χ4n) is 6.10. The Morgan fingerprint density at radius 3 is 2.54 bits per heavy atom. The number of oxazole rings is 1. The van der Waals surface area contributed by atoms with Gasteiger partial charge in [-0.25, -0.2) is 27.5 Å². The number of alkyl halides is 2. The van der Waals surface area contributed by atoms with Gasteiger partial charge in [0.25, 0.3) is 6.43 Å². The number of hydrogen-bond acceptors (Lipinski definition) is 7. The number of hydrogen-bond donors (Lipinski definition) is 1. The number of halogens is 4. The van der Waals surface area contributed by atoms with E-state index in [0.717, 1.165) is 18.2 Å². The molecule has 11 heteroatoms. The van der Waals surface area contributed by atoms with Gasteiger partial charge in [0.2, 0.25) is 5.89 Å². The number of aliphatic hydroxyl groups excluding tert-OH is 1. The maximum absolute atomic E-state index is 14.5. The van der Waals surface area contributed by atoms with Crippen LogP contribution in [0, 0.1) is 17.0 Å². The van der Waals surface area contributed by atoms with Gasteiger partial charge in [0, 0.05) is 6.20 Å². The van der Waals surface area contributed by atoms with Crippen molar-refractivity contribution in [2.45, 2.75) is 50.6 Å². The molecule has 3 atom stereocenters. The Bertz CT molecular complexity index is 1500. The molecule has 1 N–H and O–H groups in total. The number of nitrogens with zero attached hydrogens (tertiary/aromatic N) is 5. The Kier molecular flexibility index (Phi) is 5.20. The van der Waals surface area contributed by atoms with Crippen molar-refractivity contribution in [3.63, 3.8) is 0 Å². The summed E-state index contributed by atoms with van der Waals surface area (Å²) >= 11 is 0. The molecule has 0 spiro atoms. The third kappa shape index (κ3) is 3.26. The number of fused-ring (bicyclic) bond motifs is 5. The second-order valence-electron chi connectivity index (χ2n) is 9.99. The number of aromatic nitrogens is 5. The maximum Gasteiger partial charge on any atom is 0.269 e. The zero-order valence-electron chi connectivity index (χ0n) is 19.8. The molecule has 3 heterocycles. The van der Waals surface area contributed by atoms with Gasteiger partial charge in [-0.05, 0) is 47.9 Å². The summed E-state index contributed by atoms with van der Waals surface area (Å²) in [6, 6.07) is 5.37. The van der Waals surface area contributed by atoms with Crippen LogP contribution in [0.2, 0.25) is 0 Å². The van der Waals surface area contributed by atoms with Crippen LogP contribution in [0.5, 0.6) is 0 Å². The zero-order valence-corrected chi connectivity index (χ0v) is 19.8. The van der Waals surface area contributed by atoms with E-state index in [2.05, 4.69) is 34.0 Å². The molecule has 0 saturated heterocycles. The zero-order chi connectivity index (χ0) is 26.1. The molecule has 4 aromatic rings. The summed E-state index contributed by atoms with van der Waals surface area (Å²) in [7, 11) is 0. The monoisotopic (exact) mass is 511 g/mol. The van der Waals surface area contributed by atoms with Crippen LogP contribution < -0.4 is 0 Å². The molecule has 2 bridgehead atoms. The van der Waals surface area contributed by atoms with E-state index in [0.29, 0.717) is 17.8 Å². The van der Waals surface area contributed by atoms with Crippen LogP contribution in [0.3, 0.4) is 0 Å². The van der Waals surface area contributed by atoms with Gasteiger partial charge in [-0.3, -0.25) is 4.98 Å². The van der Waals surface area contributed by atoms with Gasteiger partial charge in [-0.1, -0.05) is 19.9 Å². The summed E-state index contributed by atoms with van der Waals surface area (Å²) in [6.45, 7) is 4.18. The molecule has 2 aliphatic carbocycles. The predicted molar refractivity (Wildman–Crippen MR) is 122 cm³/mol. The summed E-state index contributed by atoms with van der Waals surface area (Å²) in [5.74, 6) is -1.45. The van der Waals surface area contributed by atoms with Crippen LogP contribution >= 0.6 is 0 Å². The van der Waals surface area contributed by atoms with Gasteiger partial charge in [0.15, 0.2) is 6.10 Å². The van der Waals surface area contributed by atoms with E-state index in [1.54, 1.807) is 12.3 Å². The van der Waals surface area contributed by atoms with Gasteiger partial charge in [-0.2, -0.15) is 5.10 Å². The second kappa shape index (κ2) is 8.14. The molecule has 1 saturated carbocycles. The summed E-state index contributed by atoms with van der Waals surface area (Å²) in [5.41, 5.74) is 0.815. The van der Waals surface area contributed by atoms with Crippen molar-refractivity contribution in [2.24, 2.45) is 5.41 Å². The molecule has 7 nitrogen and oxygen atoms in total. The Morgan fingerprint density at radius 2 is 1.81 bits per heavy atom. The standard InChI is InChI=1S/C26H21F4N5O2/c1-25(2)13-6-7-26(25,22-12(13)8-16(34-35-22)20-14(27)4-3-5-15(20)28)19-10-31-9-17(32-19)24-33-18(11-37-24)21(36)23(29)30/h3-5,8-11,13,21,23,36H,6-7H2,1-2H3/t13-,21+,26-/m0/s1. The van der Waals surface area contributed by atoms with E-state index in [1.807, 2.05) is 0 Å². The Hall–Kier alpha value is -3.73. The fourth-order valence-corrected chi connectivity index (χ4v) is 6.10. The minimum absolute atomic E-state index is 0.0339. The summed E-state index contributed by atoms with van der Waals surface area (Å²) in [4.78, 5) is 13.0. The van der Waals surface area contributed by atoms with Crippen LogP contribution in [-0.2, 0) is 5.41 Å². The van der Waals surface area contributed by atoms with E-state index in [4.69, 9.17) is 9.40 Å². The summed E-state index contributed by atoms with van der Waals surface area (Å²) < 4.78 is 60.0. The van der Waals surface area contributed by atoms with Crippen molar-refractivity contribution >= 4 is 0 Å². The van der Waals surface area contributed by atoms with Crippen molar-refractivity contribution in [3.05, 3.63) is 77.2 Å². The summed E-state index contributed by atoms with van der Waals surface area (Å²) in [5, 5.41) is 18.3. The Morgan fingerprint density at radius 1 is 1.05 bits per heavy atom. The highest BCUT2D eigenvalue weighted by Gasteiger charge is 2.65. The highest BCUT2D eigenvalue weighted by Crippen LogP contribution is 2.69. The molecule has 1 aromatic carbocycles. The SMILES string of the molecule is CC1(C)[C@H]2CC[C@]1(c1cncc(-c3nc([C@@H](O)C(F)F)co3)n1)c1nnc(-c3c(F)cccc3F)cc12. The third-order valence-corrected chi connectivity index (χ3v) is 7.96. The minimum Gasteiger partial charge on any atom is -0.443 e. The van der Waals surface area contributed by atoms with E-state index in [9.17, 15) is 22.7 Å². The first-order valence-electron chi connectivity index (χ1n) is 11.7. The molecule has 190 valence electrons. The first-order valence-corrected chi connectivity index (χ1v) is 11.7. The first kappa shape index (κ1) is 23.7. The lowest BCUT2D eigenvalue weighted by Gasteiger charge is -2.37. The maximum atomic E-state index is 14.5. The molecule has 0 aliphatic heterocycles. The minimum atomic E-state index is -3.01. The lowest BCUT2D eigenvalue weighted by molar-refractivity contribution is -0.00824. The fraction of sp³-hybridized carbons (Fsp3) is 0.346. The molecule has 1 fully saturated rings. The van der Waals surface area contributed by atoms with Crippen LogP contribution in [0.25, 0.3) is 22.8 Å². The van der Waals surface area contributed by atoms with Crippen LogP contribution in [0.4, 0.5) is 17.6 Å². The van der Waals surface area contributed by atoms with Crippen molar-refractivity contribution in [2.75, 3.05) is 0 Å². The molecule has 2 aliphatic rings. The molecule has 0 radical (unpaired) electrons. The Balaban J connectivity index is 1.46. The van der Waals surface area contributed by atoms with Gasteiger partial charge in [-0.15, -0.1) is 5.10 Å². The number of rotatable bonds is 5. The van der Waals surface area contributed by atoms with E-state index in [1.165, 1.54) is 24.4 Å². The molecular formula is C26H21F4N5O2. The average molecular weight is 511 g/mol. The van der Waals surface area contributed by atoms with Gasteiger partial charge >= 0.3 is 0 Å². The van der Waals surface area contributed by atoms with Crippen molar-refractivity contribution in [3.8, 4) is 22.8 Å². The molecule has 0 amide bonds. The molecule has 37 heavy (non-hydrogen) atoms. The summed E-state index contributed by atoms with van der Waals surface area (Å²) in [6.07, 6.45) is 0.379. The Labute approximate surface area is 208 Å². The lowest BCUT2D eigenvalue weighted by atomic mass is 9.66. The van der Waals surface area contributed by atoms with E-state index >= 15 is 0 Å². The van der Waals surface area contributed by atoms with Crippen molar-refractivity contribution < 1.29 is 27.1 Å². The smallest absolute Gasteiger partial charge is 0.269 e.